The molecule has 0 aliphatic rings. The number of aryl methyl sites for hydroxylation is 1. The molecule has 0 aliphatic carbocycles. The highest BCUT2D eigenvalue weighted by Crippen LogP contribution is 2.15. The van der Waals surface area contributed by atoms with Crippen molar-refractivity contribution in [3.05, 3.63) is 35.5 Å². The van der Waals surface area contributed by atoms with Gasteiger partial charge in [-0.05, 0) is 42.3 Å². The number of hydrogen-bond donors (Lipinski definition) is 1. The minimum atomic E-state index is -0.250. The number of benzene rings is 1. The second-order valence-electron chi connectivity index (χ2n) is 4.59. The molecule has 6 nitrogen and oxygen atoms in total. The van der Waals surface area contributed by atoms with Gasteiger partial charge in [0, 0.05) is 5.56 Å². The van der Waals surface area contributed by atoms with Gasteiger partial charge in [0.2, 0.25) is 5.82 Å². The molecule has 1 aromatic carbocycles. The molecule has 1 N–H and O–H groups in total. The van der Waals surface area contributed by atoms with Crippen LogP contribution in [0.3, 0.4) is 0 Å². The third-order valence-corrected chi connectivity index (χ3v) is 3.01. The van der Waals surface area contributed by atoms with Crippen LogP contribution in [0.5, 0.6) is 5.75 Å². The van der Waals surface area contributed by atoms with E-state index in [0.29, 0.717) is 30.1 Å². The van der Waals surface area contributed by atoms with Gasteiger partial charge >= 0.3 is 0 Å². The minimum Gasteiger partial charge on any atom is -0.494 e. The largest absolute Gasteiger partial charge is 0.494 e. The number of aromatic nitrogens is 2. The van der Waals surface area contributed by atoms with Gasteiger partial charge in [-0.1, -0.05) is 25.4 Å². The molecule has 6 heteroatoms. The lowest BCUT2D eigenvalue weighted by molar-refractivity contribution is 0.102. The van der Waals surface area contributed by atoms with Gasteiger partial charge in [-0.2, -0.15) is 0 Å². The molecule has 0 radical (unpaired) electrons. The molecule has 0 saturated heterocycles. The fourth-order valence-electron chi connectivity index (χ4n) is 1.75. The zero-order valence-corrected chi connectivity index (χ0v) is 12.3. The van der Waals surface area contributed by atoms with Crippen LogP contribution in [-0.4, -0.2) is 22.8 Å². The molecule has 112 valence electrons. The summed E-state index contributed by atoms with van der Waals surface area (Å²) in [4.78, 5) is 12.1. The SMILES string of the molecule is CCCCOc1ccc(C(=O)Nc2nonc2CC)cc1. The van der Waals surface area contributed by atoms with E-state index in [2.05, 4.69) is 27.2 Å². The highest BCUT2D eigenvalue weighted by atomic mass is 16.6. The van der Waals surface area contributed by atoms with E-state index in [1.165, 1.54) is 0 Å². The van der Waals surface area contributed by atoms with Gasteiger partial charge in [0.15, 0.2) is 0 Å². The predicted octanol–water partition coefficient (Wildman–Crippen LogP) is 3.06. The summed E-state index contributed by atoms with van der Waals surface area (Å²) in [6, 6.07) is 7.00. The number of nitrogens with zero attached hydrogens (tertiary/aromatic N) is 2. The Hall–Kier alpha value is -2.37. The fraction of sp³-hybridized carbons (Fsp3) is 0.400. The van der Waals surface area contributed by atoms with Gasteiger partial charge in [0.25, 0.3) is 5.91 Å². The lowest BCUT2D eigenvalue weighted by Crippen LogP contribution is -2.13. The van der Waals surface area contributed by atoms with Crippen LogP contribution in [0.25, 0.3) is 0 Å². The van der Waals surface area contributed by atoms with E-state index >= 15 is 0 Å². The van der Waals surface area contributed by atoms with E-state index in [9.17, 15) is 4.79 Å². The second kappa shape index (κ2) is 7.42. The van der Waals surface area contributed by atoms with E-state index in [1.54, 1.807) is 24.3 Å². The average molecular weight is 289 g/mol. The minimum absolute atomic E-state index is 0.250. The topological polar surface area (TPSA) is 77.2 Å². The molecule has 1 aromatic heterocycles. The number of nitrogens with one attached hydrogen (secondary N) is 1. The van der Waals surface area contributed by atoms with Crippen LogP contribution in [0.2, 0.25) is 0 Å². The first kappa shape index (κ1) is 15.0. The number of unbranched alkanes of at least 4 members (excludes halogenated alkanes) is 1. The van der Waals surface area contributed by atoms with Crippen molar-refractivity contribution in [3.8, 4) is 5.75 Å². The maximum atomic E-state index is 12.1. The van der Waals surface area contributed by atoms with Crippen LogP contribution in [-0.2, 0) is 6.42 Å². The zero-order valence-electron chi connectivity index (χ0n) is 12.3. The first-order valence-corrected chi connectivity index (χ1v) is 7.10. The van der Waals surface area contributed by atoms with E-state index in [0.717, 1.165) is 18.6 Å². The Kier molecular flexibility index (Phi) is 5.31. The number of hydrogen-bond acceptors (Lipinski definition) is 5. The van der Waals surface area contributed by atoms with Gasteiger partial charge < -0.3 is 10.1 Å². The van der Waals surface area contributed by atoms with Gasteiger partial charge in [-0.3, -0.25) is 4.79 Å². The molecule has 0 atom stereocenters. The average Bonchev–Trinajstić information content (AvgIpc) is 2.95. The van der Waals surface area contributed by atoms with E-state index in [-0.39, 0.29) is 5.91 Å². The molecule has 21 heavy (non-hydrogen) atoms. The van der Waals surface area contributed by atoms with Gasteiger partial charge in [0.1, 0.15) is 11.4 Å². The molecule has 0 aliphatic heterocycles. The molecule has 0 spiro atoms. The van der Waals surface area contributed by atoms with Gasteiger partial charge in [-0.25, -0.2) is 4.63 Å². The predicted molar refractivity (Wildman–Crippen MR) is 78.5 cm³/mol. The second-order valence-corrected chi connectivity index (χ2v) is 4.59. The Bertz CT molecular complexity index is 578. The van der Waals surface area contributed by atoms with Crippen molar-refractivity contribution in [2.24, 2.45) is 0 Å². The Morgan fingerprint density at radius 1 is 1.24 bits per heavy atom. The molecule has 0 unspecified atom stereocenters. The van der Waals surface area contributed by atoms with Gasteiger partial charge in [0.05, 0.1) is 6.61 Å². The number of anilines is 1. The summed E-state index contributed by atoms with van der Waals surface area (Å²) >= 11 is 0. The lowest BCUT2D eigenvalue weighted by atomic mass is 10.2. The monoisotopic (exact) mass is 289 g/mol. The van der Waals surface area contributed by atoms with Crippen LogP contribution in [0.1, 0.15) is 42.7 Å². The number of amides is 1. The first-order valence-electron chi connectivity index (χ1n) is 7.10. The van der Waals surface area contributed by atoms with Crippen molar-refractivity contribution < 1.29 is 14.2 Å². The summed E-state index contributed by atoms with van der Waals surface area (Å²) in [6.07, 6.45) is 2.75. The summed E-state index contributed by atoms with van der Waals surface area (Å²) < 4.78 is 10.2. The number of carbonyl (C=O) groups excluding carboxylic acids is 1. The first-order chi connectivity index (χ1) is 10.2. The molecule has 0 bridgehead atoms. The van der Waals surface area contributed by atoms with Crippen molar-refractivity contribution in [2.75, 3.05) is 11.9 Å². The van der Waals surface area contributed by atoms with Crippen LogP contribution in [0, 0.1) is 0 Å². The highest BCUT2D eigenvalue weighted by molar-refractivity contribution is 6.04. The zero-order chi connectivity index (χ0) is 15.1. The van der Waals surface area contributed by atoms with Crippen LogP contribution in [0.4, 0.5) is 5.82 Å². The lowest BCUT2D eigenvalue weighted by Gasteiger charge is -2.06. The summed E-state index contributed by atoms with van der Waals surface area (Å²) in [5.41, 5.74) is 1.16. The normalized spacial score (nSPS) is 10.4. The number of rotatable bonds is 7. The molecular formula is C15H19N3O3. The fourth-order valence-corrected chi connectivity index (χ4v) is 1.75. The molecule has 2 rings (SSSR count). The Balaban J connectivity index is 1.96. The number of carbonyl (C=O) groups is 1. The van der Waals surface area contributed by atoms with Crippen LogP contribution in [0.15, 0.2) is 28.9 Å². The highest BCUT2D eigenvalue weighted by Gasteiger charge is 2.13. The van der Waals surface area contributed by atoms with Crippen molar-refractivity contribution in [1.82, 2.24) is 10.3 Å². The molecule has 0 saturated carbocycles. The third-order valence-electron chi connectivity index (χ3n) is 3.01. The molecule has 1 amide bonds. The van der Waals surface area contributed by atoms with Crippen LogP contribution < -0.4 is 10.1 Å². The standard InChI is InChI=1S/C15H19N3O3/c1-3-5-10-20-12-8-6-11(7-9-12)15(19)16-14-13(4-2)17-21-18-14/h6-9H,3-5,10H2,1-2H3,(H,16,18,19). The van der Waals surface area contributed by atoms with Crippen molar-refractivity contribution in [1.29, 1.82) is 0 Å². The quantitative estimate of drug-likeness (QED) is 0.793. The molecular weight excluding hydrogens is 270 g/mol. The van der Waals surface area contributed by atoms with Crippen molar-refractivity contribution in [3.63, 3.8) is 0 Å². The summed E-state index contributed by atoms with van der Waals surface area (Å²) in [7, 11) is 0. The molecule has 0 fully saturated rings. The van der Waals surface area contributed by atoms with E-state index in [4.69, 9.17) is 4.74 Å². The van der Waals surface area contributed by atoms with Crippen molar-refractivity contribution >= 4 is 11.7 Å². The summed E-state index contributed by atoms with van der Waals surface area (Å²) in [5.74, 6) is 0.878. The third kappa shape index (κ3) is 4.05. The Labute approximate surface area is 123 Å². The Morgan fingerprint density at radius 3 is 2.67 bits per heavy atom. The van der Waals surface area contributed by atoms with Crippen molar-refractivity contribution in [2.45, 2.75) is 33.1 Å². The number of ether oxygens (including phenoxy) is 1. The smallest absolute Gasteiger partial charge is 0.256 e. The molecule has 2 aromatic rings. The van der Waals surface area contributed by atoms with E-state index in [1.807, 2.05) is 6.92 Å². The maximum Gasteiger partial charge on any atom is 0.256 e. The maximum absolute atomic E-state index is 12.1. The van der Waals surface area contributed by atoms with E-state index < -0.39 is 0 Å². The van der Waals surface area contributed by atoms with Gasteiger partial charge in [-0.15, -0.1) is 0 Å². The summed E-state index contributed by atoms with van der Waals surface area (Å²) in [5, 5.41) is 10.1. The van der Waals surface area contributed by atoms with Crippen LogP contribution >= 0.6 is 0 Å². The Morgan fingerprint density at radius 2 is 2.00 bits per heavy atom. The molecule has 1 heterocycles. The summed E-state index contributed by atoms with van der Waals surface area (Å²) in [6.45, 7) is 4.71.